The predicted octanol–water partition coefficient (Wildman–Crippen LogP) is 4.10. The monoisotopic (exact) mass is 267 g/mol. The van der Waals surface area contributed by atoms with Crippen LogP contribution in [-0.4, -0.2) is 5.25 Å². The SMILES string of the molecule is CC1CCCC(SCc2cc(CN)ccc2F)C1. The molecule has 1 aromatic carbocycles. The number of hydrogen-bond acceptors (Lipinski definition) is 2. The molecule has 1 aliphatic carbocycles. The van der Waals surface area contributed by atoms with Crippen molar-refractivity contribution in [3.05, 3.63) is 35.1 Å². The van der Waals surface area contributed by atoms with Gasteiger partial charge in [-0.2, -0.15) is 11.8 Å². The zero-order chi connectivity index (χ0) is 13.0. The molecule has 0 radical (unpaired) electrons. The number of benzene rings is 1. The first-order chi connectivity index (χ1) is 8.69. The normalized spacial score (nSPS) is 24.2. The van der Waals surface area contributed by atoms with E-state index >= 15 is 0 Å². The average molecular weight is 267 g/mol. The maximum atomic E-state index is 13.7. The van der Waals surface area contributed by atoms with E-state index in [-0.39, 0.29) is 5.82 Å². The summed E-state index contributed by atoms with van der Waals surface area (Å²) < 4.78 is 13.7. The molecule has 1 fully saturated rings. The van der Waals surface area contributed by atoms with E-state index in [1.165, 1.54) is 25.7 Å². The largest absolute Gasteiger partial charge is 0.326 e. The average Bonchev–Trinajstić information content (AvgIpc) is 2.38. The molecule has 0 aromatic heterocycles. The van der Waals surface area contributed by atoms with Gasteiger partial charge in [0.05, 0.1) is 0 Å². The third kappa shape index (κ3) is 3.72. The molecule has 2 rings (SSSR count). The van der Waals surface area contributed by atoms with Crippen molar-refractivity contribution < 1.29 is 4.39 Å². The van der Waals surface area contributed by atoms with Crippen LogP contribution in [0.5, 0.6) is 0 Å². The Kier molecular flexibility index (Phi) is 5.07. The highest BCUT2D eigenvalue weighted by Gasteiger charge is 2.19. The topological polar surface area (TPSA) is 26.0 Å². The summed E-state index contributed by atoms with van der Waals surface area (Å²) in [7, 11) is 0. The van der Waals surface area contributed by atoms with Crippen molar-refractivity contribution >= 4 is 11.8 Å². The fraction of sp³-hybridized carbons (Fsp3) is 0.600. The maximum absolute atomic E-state index is 13.7. The van der Waals surface area contributed by atoms with Crippen molar-refractivity contribution in [1.82, 2.24) is 0 Å². The Labute approximate surface area is 113 Å². The molecule has 1 aromatic rings. The Morgan fingerprint density at radius 3 is 2.94 bits per heavy atom. The lowest BCUT2D eigenvalue weighted by molar-refractivity contribution is 0.394. The van der Waals surface area contributed by atoms with E-state index in [4.69, 9.17) is 5.73 Å². The minimum atomic E-state index is -0.0939. The first-order valence-corrected chi connectivity index (χ1v) is 7.83. The summed E-state index contributed by atoms with van der Waals surface area (Å²) in [6, 6.07) is 5.22. The van der Waals surface area contributed by atoms with Gasteiger partial charge < -0.3 is 5.73 Å². The van der Waals surface area contributed by atoms with E-state index in [2.05, 4.69) is 6.92 Å². The van der Waals surface area contributed by atoms with E-state index in [9.17, 15) is 4.39 Å². The van der Waals surface area contributed by atoms with Crippen LogP contribution in [0.3, 0.4) is 0 Å². The zero-order valence-electron chi connectivity index (χ0n) is 11.0. The highest BCUT2D eigenvalue weighted by Crippen LogP contribution is 2.34. The molecule has 1 aliphatic rings. The van der Waals surface area contributed by atoms with Gasteiger partial charge in [0.15, 0.2) is 0 Å². The summed E-state index contributed by atoms with van der Waals surface area (Å²) in [4.78, 5) is 0. The van der Waals surface area contributed by atoms with Crippen molar-refractivity contribution in [2.75, 3.05) is 0 Å². The molecule has 0 bridgehead atoms. The van der Waals surface area contributed by atoms with Gasteiger partial charge in [-0.15, -0.1) is 0 Å². The van der Waals surface area contributed by atoms with Crippen LogP contribution in [-0.2, 0) is 12.3 Å². The second-order valence-electron chi connectivity index (χ2n) is 5.33. The van der Waals surface area contributed by atoms with Gasteiger partial charge in [-0.3, -0.25) is 0 Å². The Morgan fingerprint density at radius 1 is 1.39 bits per heavy atom. The predicted molar refractivity (Wildman–Crippen MR) is 77.0 cm³/mol. The van der Waals surface area contributed by atoms with Crippen LogP contribution >= 0.6 is 11.8 Å². The molecule has 0 amide bonds. The van der Waals surface area contributed by atoms with Gasteiger partial charge in [-0.1, -0.05) is 31.9 Å². The molecular weight excluding hydrogens is 245 g/mol. The molecule has 0 aliphatic heterocycles. The molecule has 100 valence electrons. The van der Waals surface area contributed by atoms with Crippen LogP contribution in [0.15, 0.2) is 18.2 Å². The summed E-state index contributed by atoms with van der Waals surface area (Å²) in [6.07, 6.45) is 5.24. The van der Waals surface area contributed by atoms with Crippen molar-refractivity contribution in [3.8, 4) is 0 Å². The van der Waals surface area contributed by atoms with Crippen LogP contribution in [0.1, 0.15) is 43.7 Å². The van der Waals surface area contributed by atoms with Gasteiger partial charge >= 0.3 is 0 Å². The van der Waals surface area contributed by atoms with Gasteiger partial charge in [0.1, 0.15) is 5.82 Å². The van der Waals surface area contributed by atoms with E-state index in [0.717, 1.165) is 22.8 Å². The summed E-state index contributed by atoms with van der Waals surface area (Å²) >= 11 is 1.91. The lowest BCUT2D eigenvalue weighted by Gasteiger charge is -2.26. The maximum Gasteiger partial charge on any atom is 0.127 e. The molecule has 1 nitrogen and oxygen atoms in total. The summed E-state index contributed by atoms with van der Waals surface area (Å²) in [6.45, 7) is 2.81. The first kappa shape index (κ1) is 13.9. The van der Waals surface area contributed by atoms with Crippen LogP contribution in [0.25, 0.3) is 0 Å². The van der Waals surface area contributed by atoms with Crippen LogP contribution in [0.2, 0.25) is 0 Å². The third-order valence-electron chi connectivity index (χ3n) is 3.71. The van der Waals surface area contributed by atoms with E-state index < -0.39 is 0 Å². The Balaban J connectivity index is 1.92. The Morgan fingerprint density at radius 2 is 2.22 bits per heavy atom. The summed E-state index contributed by atoms with van der Waals surface area (Å²) in [5.74, 6) is 1.51. The fourth-order valence-electron chi connectivity index (χ4n) is 2.60. The summed E-state index contributed by atoms with van der Waals surface area (Å²) in [5.41, 5.74) is 7.42. The van der Waals surface area contributed by atoms with Crippen molar-refractivity contribution in [3.63, 3.8) is 0 Å². The Bertz CT molecular complexity index is 394. The van der Waals surface area contributed by atoms with E-state index in [1.54, 1.807) is 12.1 Å². The van der Waals surface area contributed by atoms with Gasteiger partial charge in [0.25, 0.3) is 0 Å². The lowest BCUT2D eigenvalue weighted by Crippen LogP contribution is -2.15. The number of halogens is 1. The number of thioether (sulfide) groups is 1. The van der Waals surface area contributed by atoms with E-state index in [1.807, 2.05) is 17.8 Å². The molecule has 0 heterocycles. The molecule has 3 heteroatoms. The third-order valence-corrected chi connectivity index (χ3v) is 5.09. The minimum absolute atomic E-state index is 0.0939. The molecular formula is C15H22FNS. The summed E-state index contributed by atoms with van der Waals surface area (Å²) in [5, 5.41) is 0.703. The Hall–Kier alpha value is -0.540. The van der Waals surface area contributed by atoms with Crippen molar-refractivity contribution in [2.45, 2.75) is 50.2 Å². The van der Waals surface area contributed by atoms with Crippen molar-refractivity contribution in [2.24, 2.45) is 11.7 Å². The van der Waals surface area contributed by atoms with Crippen LogP contribution < -0.4 is 5.73 Å². The molecule has 2 unspecified atom stereocenters. The second-order valence-corrected chi connectivity index (χ2v) is 6.62. The smallest absolute Gasteiger partial charge is 0.127 e. The standard InChI is InChI=1S/C15H22FNS/c1-11-3-2-4-14(7-11)18-10-13-8-12(9-17)5-6-15(13)16/h5-6,8,11,14H,2-4,7,9-10,17H2,1H3. The second kappa shape index (κ2) is 6.58. The lowest BCUT2D eigenvalue weighted by atomic mass is 9.91. The fourth-order valence-corrected chi connectivity index (χ4v) is 4.04. The molecule has 0 saturated heterocycles. The molecule has 0 spiro atoms. The highest BCUT2D eigenvalue weighted by molar-refractivity contribution is 7.99. The molecule has 18 heavy (non-hydrogen) atoms. The minimum Gasteiger partial charge on any atom is -0.326 e. The van der Waals surface area contributed by atoms with Gasteiger partial charge in [0.2, 0.25) is 0 Å². The molecule has 1 saturated carbocycles. The zero-order valence-corrected chi connectivity index (χ0v) is 11.8. The van der Waals surface area contributed by atoms with Crippen molar-refractivity contribution in [1.29, 1.82) is 0 Å². The molecule has 2 N–H and O–H groups in total. The van der Waals surface area contributed by atoms with Crippen LogP contribution in [0, 0.1) is 11.7 Å². The van der Waals surface area contributed by atoms with E-state index in [0.29, 0.717) is 11.8 Å². The van der Waals surface area contributed by atoms with Gasteiger partial charge in [-0.05, 0) is 36.0 Å². The van der Waals surface area contributed by atoms with Crippen LogP contribution in [0.4, 0.5) is 4.39 Å². The molecule has 2 atom stereocenters. The number of rotatable bonds is 4. The van der Waals surface area contributed by atoms with Gasteiger partial charge in [-0.25, -0.2) is 4.39 Å². The first-order valence-electron chi connectivity index (χ1n) is 6.78. The number of nitrogens with two attached hydrogens (primary N) is 1. The quantitative estimate of drug-likeness (QED) is 0.889. The number of hydrogen-bond donors (Lipinski definition) is 1. The van der Waals surface area contributed by atoms with Gasteiger partial charge in [0, 0.05) is 17.5 Å². The highest BCUT2D eigenvalue weighted by atomic mass is 32.2.